The minimum Gasteiger partial charge on any atom is -0.395 e. The van der Waals surface area contributed by atoms with Crippen LogP contribution in [0.25, 0.3) is 0 Å². The molecule has 1 rings (SSSR count). The van der Waals surface area contributed by atoms with Gasteiger partial charge in [-0.05, 0) is 12.3 Å². The quantitative estimate of drug-likeness (QED) is 0.648. The van der Waals surface area contributed by atoms with Crippen LogP contribution in [0.4, 0.5) is 0 Å². The monoisotopic (exact) mass is 157 g/mol. The average molecular weight is 157 g/mol. The van der Waals surface area contributed by atoms with Crippen molar-refractivity contribution in [1.29, 1.82) is 0 Å². The largest absolute Gasteiger partial charge is 0.395 e. The fourth-order valence-electron chi connectivity index (χ4n) is 1.93. The second kappa shape index (κ2) is 4.73. The molecule has 1 aliphatic carbocycles. The first kappa shape index (κ1) is 9.01. The first-order valence-electron chi connectivity index (χ1n) is 4.69. The lowest BCUT2D eigenvalue weighted by molar-refractivity contribution is 0.228. The van der Waals surface area contributed by atoms with E-state index in [2.05, 4.69) is 0 Å². The molecule has 66 valence electrons. The van der Waals surface area contributed by atoms with E-state index in [0.29, 0.717) is 0 Å². The van der Waals surface area contributed by atoms with Crippen LogP contribution in [-0.2, 0) is 0 Å². The molecular formula is C9H19NO. The van der Waals surface area contributed by atoms with Crippen LogP contribution in [0.2, 0.25) is 0 Å². The molecule has 0 spiro atoms. The summed E-state index contributed by atoms with van der Waals surface area (Å²) in [4.78, 5) is 0. The maximum atomic E-state index is 8.74. The van der Waals surface area contributed by atoms with E-state index in [4.69, 9.17) is 10.8 Å². The summed E-state index contributed by atoms with van der Waals surface area (Å²) < 4.78 is 0. The van der Waals surface area contributed by atoms with Gasteiger partial charge in [0.25, 0.3) is 0 Å². The predicted molar refractivity (Wildman–Crippen MR) is 46.3 cm³/mol. The van der Waals surface area contributed by atoms with Crippen molar-refractivity contribution in [3.8, 4) is 0 Å². The van der Waals surface area contributed by atoms with Gasteiger partial charge in [-0.3, -0.25) is 0 Å². The highest BCUT2D eigenvalue weighted by Crippen LogP contribution is 2.26. The summed E-state index contributed by atoms with van der Waals surface area (Å²) in [5, 5.41) is 8.74. The third-order valence-corrected chi connectivity index (χ3v) is 2.60. The first-order chi connectivity index (χ1) is 5.33. The lowest BCUT2D eigenvalue weighted by atomic mass is 9.85. The van der Waals surface area contributed by atoms with Crippen LogP contribution in [0, 0.1) is 5.92 Å². The lowest BCUT2D eigenvalue weighted by Gasteiger charge is -2.23. The molecule has 1 fully saturated rings. The van der Waals surface area contributed by atoms with Crippen molar-refractivity contribution in [3.05, 3.63) is 0 Å². The Hall–Kier alpha value is -0.0800. The van der Waals surface area contributed by atoms with E-state index in [1.807, 2.05) is 0 Å². The predicted octanol–water partition coefficient (Wildman–Crippen LogP) is 1.28. The molecule has 0 saturated heterocycles. The van der Waals surface area contributed by atoms with Crippen molar-refractivity contribution < 1.29 is 5.11 Å². The van der Waals surface area contributed by atoms with Crippen molar-refractivity contribution in [2.45, 2.75) is 44.6 Å². The highest BCUT2D eigenvalue weighted by molar-refractivity contribution is 4.71. The van der Waals surface area contributed by atoms with Gasteiger partial charge in [0.05, 0.1) is 6.61 Å². The fourth-order valence-corrected chi connectivity index (χ4v) is 1.93. The van der Waals surface area contributed by atoms with Crippen LogP contribution in [-0.4, -0.2) is 17.8 Å². The Labute approximate surface area is 68.8 Å². The Kier molecular flexibility index (Phi) is 3.87. The summed E-state index contributed by atoms with van der Waals surface area (Å²) >= 11 is 0. The number of aliphatic hydroxyl groups excluding tert-OH is 1. The van der Waals surface area contributed by atoms with E-state index in [0.717, 1.165) is 12.3 Å². The van der Waals surface area contributed by atoms with E-state index in [1.165, 1.54) is 32.1 Å². The minimum atomic E-state index is 0.0260. The number of rotatable bonds is 3. The highest BCUT2D eigenvalue weighted by atomic mass is 16.3. The zero-order valence-electron chi connectivity index (χ0n) is 7.13. The Morgan fingerprint density at radius 3 is 2.45 bits per heavy atom. The van der Waals surface area contributed by atoms with Gasteiger partial charge in [0.2, 0.25) is 0 Å². The smallest absolute Gasteiger partial charge is 0.0582 e. The van der Waals surface area contributed by atoms with Gasteiger partial charge in [-0.15, -0.1) is 0 Å². The normalized spacial score (nSPS) is 23.5. The first-order valence-corrected chi connectivity index (χ1v) is 4.69. The Morgan fingerprint density at radius 1 is 1.27 bits per heavy atom. The van der Waals surface area contributed by atoms with Crippen LogP contribution in [0.1, 0.15) is 38.5 Å². The average Bonchev–Trinajstić information content (AvgIpc) is 2.06. The lowest BCUT2D eigenvalue weighted by Crippen LogP contribution is -2.28. The van der Waals surface area contributed by atoms with Crippen LogP contribution >= 0.6 is 0 Å². The summed E-state index contributed by atoms with van der Waals surface area (Å²) in [7, 11) is 0. The number of aliphatic hydroxyl groups is 1. The van der Waals surface area contributed by atoms with Crippen molar-refractivity contribution in [3.63, 3.8) is 0 Å². The topological polar surface area (TPSA) is 46.2 Å². The Balaban J connectivity index is 2.13. The van der Waals surface area contributed by atoms with Crippen LogP contribution in [0.5, 0.6) is 0 Å². The number of nitrogens with two attached hydrogens (primary N) is 1. The fraction of sp³-hybridized carbons (Fsp3) is 1.00. The molecule has 1 aliphatic rings. The van der Waals surface area contributed by atoms with Gasteiger partial charge in [-0.2, -0.15) is 0 Å². The maximum Gasteiger partial charge on any atom is 0.0582 e. The number of hydrogen-bond acceptors (Lipinski definition) is 2. The van der Waals surface area contributed by atoms with Gasteiger partial charge in [-0.25, -0.2) is 0 Å². The minimum absolute atomic E-state index is 0.0260. The summed E-state index contributed by atoms with van der Waals surface area (Å²) in [6, 6.07) is 0.0260. The zero-order chi connectivity index (χ0) is 8.10. The molecule has 0 heterocycles. The van der Waals surface area contributed by atoms with Gasteiger partial charge in [0, 0.05) is 6.04 Å². The molecule has 0 unspecified atom stereocenters. The van der Waals surface area contributed by atoms with Gasteiger partial charge in [0.1, 0.15) is 0 Å². The van der Waals surface area contributed by atoms with Crippen LogP contribution in [0.15, 0.2) is 0 Å². The summed E-state index contributed by atoms with van der Waals surface area (Å²) in [5.74, 6) is 0.797. The third kappa shape index (κ3) is 3.21. The summed E-state index contributed by atoms with van der Waals surface area (Å²) in [5.41, 5.74) is 5.65. The van der Waals surface area contributed by atoms with Gasteiger partial charge in [-0.1, -0.05) is 32.1 Å². The maximum absolute atomic E-state index is 8.74. The SMILES string of the molecule is N[C@@H](CO)CC1CCCCC1. The van der Waals surface area contributed by atoms with E-state index in [-0.39, 0.29) is 12.6 Å². The molecular weight excluding hydrogens is 138 g/mol. The Bertz CT molecular complexity index is 99.7. The highest BCUT2D eigenvalue weighted by Gasteiger charge is 2.15. The second-order valence-electron chi connectivity index (χ2n) is 3.68. The molecule has 1 saturated carbocycles. The molecule has 2 nitrogen and oxygen atoms in total. The summed E-state index contributed by atoms with van der Waals surface area (Å²) in [6.45, 7) is 0.149. The molecule has 2 heteroatoms. The molecule has 1 atom stereocenters. The van der Waals surface area contributed by atoms with Gasteiger partial charge >= 0.3 is 0 Å². The van der Waals surface area contributed by atoms with E-state index >= 15 is 0 Å². The molecule has 0 radical (unpaired) electrons. The van der Waals surface area contributed by atoms with Crippen LogP contribution in [0.3, 0.4) is 0 Å². The van der Waals surface area contributed by atoms with E-state index in [1.54, 1.807) is 0 Å². The molecule has 0 aromatic rings. The van der Waals surface area contributed by atoms with Crippen molar-refractivity contribution in [1.82, 2.24) is 0 Å². The van der Waals surface area contributed by atoms with E-state index < -0.39 is 0 Å². The van der Waals surface area contributed by atoms with Crippen LogP contribution < -0.4 is 5.73 Å². The van der Waals surface area contributed by atoms with Crippen molar-refractivity contribution in [2.24, 2.45) is 11.7 Å². The molecule has 0 amide bonds. The molecule has 3 N–H and O–H groups in total. The zero-order valence-corrected chi connectivity index (χ0v) is 7.13. The van der Waals surface area contributed by atoms with Crippen molar-refractivity contribution in [2.75, 3.05) is 6.61 Å². The molecule has 11 heavy (non-hydrogen) atoms. The standard InChI is InChI=1S/C9H19NO/c10-9(7-11)6-8-4-2-1-3-5-8/h8-9,11H,1-7,10H2/t9-/m1/s1. The van der Waals surface area contributed by atoms with E-state index in [9.17, 15) is 0 Å². The molecule has 0 bridgehead atoms. The van der Waals surface area contributed by atoms with Gasteiger partial charge in [0.15, 0.2) is 0 Å². The Morgan fingerprint density at radius 2 is 1.91 bits per heavy atom. The number of hydrogen-bond donors (Lipinski definition) is 2. The molecule has 0 aromatic carbocycles. The third-order valence-electron chi connectivity index (χ3n) is 2.60. The summed E-state index contributed by atoms with van der Waals surface area (Å²) in [6.07, 6.45) is 7.80. The van der Waals surface area contributed by atoms with Crippen molar-refractivity contribution >= 4 is 0 Å². The van der Waals surface area contributed by atoms with Gasteiger partial charge < -0.3 is 10.8 Å². The molecule has 0 aliphatic heterocycles. The second-order valence-corrected chi connectivity index (χ2v) is 3.68. The molecule has 0 aromatic heterocycles.